The number of ether oxygens (including phenoxy) is 1. The van der Waals surface area contributed by atoms with E-state index in [1.54, 1.807) is 13.2 Å². The lowest BCUT2D eigenvalue weighted by molar-refractivity contribution is 0.0955. The Bertz CT molecular complexity index is 476. The molecular formula is C15H22N2O3. The van der Waals surface area contributed by atoms with Crippen molar-refractivity contribution in [2.45, 2.75) is 44.8 Å². The molecule has 2 rings (SSSR count). The molecule has 1 aliphatic carbocycles. The Balaban J connectivity index is 1.97. The fourth-order valence-electron chi connectivity index (χ4n) is 2.47. The number of amides is 2. The Morgan fingerprint density at radius 1 is 1.35 bits per heavy atom. The van der Waals surface area contributed by atoms with E-state index in [-0.39, 0.29) is 12.1 Å². The average Bonchev–Trinajstić information content (AvgIpc) is 2.44. The van der Waals surface area contributed by atoms with Gasteiger partial charge in [0.1, 0.15) is 5.75 Å². The van der Waals surface area contributed by atoms with E-state index >= 15 is 0 Å². The number of rotatable bonds is 3. The quantitative estimate of drug-likeness (QED) is 0.795. The lowest BCUT2D eigenvalue weighted by Crippen LogP contribution is -2.46. The second-order valence-corrected chi connectivity index (χ2v) is 5.24. The molecule has 1 aliphatic rings. The summed E-state index contributed by atoms with van der Waals surface area (Å²) in [5, 5.41) is 15.5. The summed E-state index contributed by atoms with van der Waals surface area (Å²) >= 11 is 0. The highest BCUT2D eigenvalue weighted by Gasteiger charge is 2.24. The van der Waals surface area contributed by atoms with Crippen molar-refractivity contribution in [3.8, 4) is 5.75 Å². The van der Waals surface area contributed by atoms with Crippen LogP contribution in [0.15, 0.2) is 18.2 Å². The molecule has 0 heterocycles. The van der Waals surface area contributed by atoms with Crippen LogP contribution in [0.1, 0.15) is 31.2 Å². The summed E-state index contributed by atoms with van der Waals surface area (Å²) in [7, 11) is 1.59. The third-order valence-electron chi connectivity index (χ3n) is 3.74. The maximum Gasteiger partial charge on any atom is 0.319 e. The SMILES string of the molecule is COc1ccc(C)c(NC(=O)NC2CCCCC2O)c1. The molecule has 1 fully saturated rings. The van der Waals surface area contributed by atoms with Gasteiger partial charge in [-0.25, -0.2) is 4.79 Å². The van der Waals surface area contributed by atoms with E-state index in [0.717, 1.165) is 31.2 Å². The number of carbonyl (C=O) groups is 1. The first-order chi connectivity index (χ1) is 9.60. The first-order valence-corrected chi connectivity index (χ1v) is 7.00. The van der Waals surface area contributed by atoms with Gasteiger partial charge in [-0.2, -0.15) is 0 Å². The molecule has 0 aromatic heterocycles. The number of carbonyl (C=O) groups excluding carboxylic acids is 1. The summed E-state index contributed by atoms with van der Waals surface area (Å²) in [5.41, 5.74) is 1.68. The van der Waals surface area contributed by atoms with Crippen molar-refractivity contribution in [1.29, 1.82) is 0 Å². The average molecular weight is 278 g/mol. The van der Waals surface area contributed by atoms with E-state index in [2.05, 4.69) is 10.6 Å². The van der Waals surface area contributed by atoms with E-state index < -0.39 is 6.10 Å². The lowest BCUT2D eigenvalue weighted by atomic mass is 9.93. The summed E-state index contributed by atoms with van der Waals surface area (Å²) in [5.74, 6) is 0.698. The zero-order chi connectivity index (χ0) is 14.5. The minimum atomic E-state index is -0.444. The molecule has 110 valence electrons. The van der Waals surface area contributed by atoms with E-state index in [4.69, 9.17) is 4.74 Å². The molecule has 0 saturated heterocycles. The number of benzene rings is 1. The molecular weight excluding hydrogens is 256 g/mol. The highest BCUT2D eigenvalue weighted by atomic mass is 16.5. The molecule has 1 saturated carbocycles. The van der Waals surface area contributed by atoms with Crippen LogP contribution in [-0.2, 0) is 0 Å². The van der Waals surface area contributed by atoms with Crippen LogP contribution in [0.2, 0.25) is 0 Å². The van der Waals surface area contributed by atoms with Crippen molar-refractivity contribution in [2.24, 2.45) is 0 Å². The fraction of sp³-hybridized carbons (Fsp3) is 0.533. The highest BCUT2D eigenvalue weighted by Crippen LogP contribution is 2.22. The number of aliphatic hydroxyl groups is 1. The van der Waals surface area contributed by atoms with E-state index in [1.807, 2.05) is 19.1 Å². The van der Waals surface area contributed by atoms with Crippen molar-refractivity contribution in [3.63, 3.8) is 0 Å². The van der Waals surface area contributed by atoms with Crippen LogP contribution in [0.5, 0.6) is 5.75 Å². The van der Waals surface area contributed by atoms with Crippen LogP contribution in [0.25, 0.3) is 0 Å². The van der Waals surface area contributed by atoms with E-state index in [0.29, 0.717) is 11.4 Å². The standard InChI is InChI=1S/C15H22N2O3/c1-10-7-8-11(20-2)9-13(10)17-15(19)16-12-5-3-4-6-14(12)18/h7-9,12,14,18H,3-6H2,1-2H3,(H2,16,17,19). The van der Waals surface area contributed by atoms with Gasteiger partial charge in [0, 0.05) is 11.8 Å². The number of aliphatic hydroxyl groups excluding tert-OH is 1. The molecule has 5 nitrogen and oxygen atoms in total. The summed E-state index contributed by atoms with van der Waals surface area (Å²) in [4.78, 5) is 12.0. The Kier molecular flexibility index (Phi) is 4.84. The summed E-state index contributed by atoms with van der Waals surface area (Å²) in [6.45, 7) is 1.92. The number of urea groups is 1. The number of methoxy groups -OCH3 is 1. The second kappa shape index (κ2) is 6.61. The van der Waals surface area contributed by atoms with Crippen molar-refractivity contribution in [1.82, 2.24) is 5.32 Å². The Morgan fingerprint density at radius 2 is 2.10 bits per heavy atom. The van der Waals surface area contributed by atoms with Crippen LogP contribution in [0, 0.1) is 6.92 Å². The van der Waals surface area contributed by atoms with Crippen LogP contribution in [-0.4, -0.2) is 30.4 Å². The van der Waals surface area contributed by atoms with Gasteiger partial charge in [-0.3, -0.25) is 0 Å². The van der Waals surface area contributed by atoms with Crippen molar-refractivity contribution in [2.75, 3.05) is 12.4 Å². The van der Waals surface area contributed by atoms with Gasteiger partial charge in [0.05, 0.1) is 19.3 Å². The third-order valence-corrected chi connectivity index (χ3v) is 3.74. The zero-order valence-electron chi connectivity index (χ0n) is 12.0. The van der Waals surface area contributed by atoms with Gasteiger partial charge < -0.3 is 20.5 Å². The topological polar surface area (TPSA) is 70.6 Å². The molecule has 2 unspecified atom stereocenters. The van der Waals surface area contributed by atoms with Crippen LogP contribution in [0.3, 0.4) is 0 Å². The van der Waals surface area contributed by atoms with Gasteiger partial charge in [-0.15, -0.1) is 0 Å². The smallest absolute Gasteiger partial charge is 0.319 e. The normalized spacial score (nSPS) is 22.1. The fourth-order valence-corrected chi connectivity index (χ4v) is 2.47. The second-order valence-electron chi connectivity index (χ2n) is 5.24. The van der Waals surface area contributed by atoms with E-state index in [9.17, 15) is 9.90 Å². The predicted molar refractivity (Wildman–Crippen MR) is 78.1 cm³/mol. The van der Waals surface area contributed by atoms with Gasteiger partial charge in [0.25, 0.3) is 0 Å². The Labute approximate surface area is 119 Å². The zero-order valence-corrected chi connectivity index (χ0v) is 12.0. The highest BCUT2D eigenvalue weighted by molar-refractivity contribution is 5.90. The van der Waals surface area contributed by atoms with Crippen molar-refractivity contribution >= 4 is 11.7 Å². The Hall–Kier alpha value is -1.75. The third kappa shape index (κ3) is 3.63. The monoisotopic (exact) mass is 278 g/mol. The van der Waals surface area contributed by atoms with Gasteiger partial charge in [-0.05, 0) is 31.4 Å². The number of aryl methyl sites for hydroxylation is 1. The van der Waals surface area contributed by atoms with Crippen molar-refractivity contribution in [3.05, 3.63) is 23.8 Å². The summed E-state index contributed by atoms with van der Waals surface area (Å²) in [6.07, 6.45) is 3.20. The molecule has 0 aliphatic heterocycles. The van der Waals surface area contributed by atoms with Crippen LogP contribution >= 0.6 is 0 Å². The van der Waals surface area contributed by atoms with Crippen molar-refractivity contribution < 1.29 is 14.6 Å². The molecule has 2 atom stereocenters. The predicted octanol–water partition coefficient (Wildman–Crippen LogP) is 2.43. The van der Waals surface area contributed by atoms with Gasteiger partial charge in [0.2, 0.25) is 0 Å². The molecule has 3 N–H and O–H groups in total. The molecule has 1 aromatic carbocycles. The van der Waals surface area contributed by atoms with Gasteiger partial charge in [-0.1, -0.05) is 18.9 Å². The molecule has 20 heavy (non-hydrogen) atoms. The first-order valence-electron chi connectivity index (χ1n) is 7.00. The number of hydrogen-bond acceptors (Lipinski definition) is 3. The van der Waals surface area contributed by atoms with E-state index in [1.165, 1.54) is 0 Å². The van der Waals surface area contributed by atoms with Gasteiger partial charge >= 0.3 is 6.03 Å². The first kappa shape index (κ1) is 14.7. The molecule has 0 bridgehead atoms. The largest absolute Gasteiger partial charge is 0.497 e. The minimum Gasteiger partial charge on any atom is -0.497 e. The maximum atomic E-state index is 12.0. The molecule has 5 heteroatoms. The minimum absolute atomic E-state index is 0.158. The lowest BCUT2D eigenvalue weighted by Gasteiger charge is -2.28. The number of nitrogens with one attached hydrogen (secondary N) is 2. The molecule has 2 amide bonds. The molecule has 1 aromatic rings. The molecule has 0 spiro atoms. The van der Waals surface area contributed by atoms with Gasteiger partial charge in [0.15, 0.2) is 0 Å². The van der Waals surface area contributed by atoms with Crippen LogP contribution in [0.4, 0.5) is 10.5 Å². The molecule has 0 radical (unpaired) electrons. The number of anilines is 1. The van der Waals surface area contributed by atoms with Crippen LogP contribution < -0.4 is 15.4 Å². The maximum absolute atomic E-state index is 12.0. The number of hydrogen-bond donors (Lipinski definition) is 3. The summed E-state index contributed by atoms with van der Waals surface area (Å²) in [6, 6.07) is 5.08. The summed E-state index contributed by atoms with van der Waals surface area (Å²) < 4.78 is 5.15. The Morgan fingerprint density at radius 3 is 2.80 bits per heavy atom.